The Morgan fingerprint density at radius 1 is 1.36 bits per heavy atom. The fraction of sp³-hybridized carbons (Fsp3) is 0.500. The van der Waals surface area contributed by atoms with Crippen molar-refractivity contribution in [2.24, 2.45) is 0 Å². The van der Waals surface area contributed by atoms with E-state index in [1.807, 2.05) is 12.1 Å². The van der Waals surface area contributed by atoms with Crippen LogP contribution in [-0.2, 0) is 5.41 Å². The van der Waals surface area contributed by atoms with E-state index in [9.17, 15) is 0 Å². The highest BCUT2D eigenvalue weighted by Gasteiger charge is 2.25. The molecule has 1 aromatic carbocycles. The van der Waals surface area contributed by atoms with Crippen LogP contribution in [0.25, 0.3) is 0 Å². The molecule has 0 atom stereocenters. The third-order valence-electron chi connectivity index (χ3n) is 3.07. The van der Waals surface area contributed by atoms with Crippen molar-refractivity contribution in [2.75, 3.05) is 17.6 Å². The average Bonchev–Trinajstić information content (AvgIpc) is 2.25. The van der Waals surface area contributed by atoms with Gasteiger partial charge in [0, 0.05) is 17.9 Å². The van der Waals surface area contributed by atoms with Crippen LogP contribution in [0.2, 0.25) is 0 Å². The van der Waals surface area contributed by atoms with Gasteiger partial charge in [-0.2, -0.15) is 0 Å². The molecule has 0 saturated heterocycles. The molecule has 1 aromatic rings. The summed E-state index contributed by atoms with van der Waals surface area (Å²) >= 11 is 0. The molecular weight excluding hydrogens is 172 g/mol. The smallest absolute Gasteiger partial charge is 0.0398 e. The van der Waals surface area contributed by atoms with Gasteiger partial charge in [0.2, 0.25) is 0 Å². The van der Waals surface area contributed by atoms with E-state index in [4.69, 9.17) is 5.73 Å². The third kappa shape index (κ3) is 1.57. The lowest BCUT2D eigenvalue weighted by Gasteiger charge is -2.24. The van der Waals surface area contributed by atoms with Crippen molar-refractivity contribution in [3.05, 3.63) is 23.8 Å². The summed E-state index contributed by atoms with van der Waals surface area (Å²) in [6.45, 7) is 5.66. The van der Waals surface area contributed by atoms with Gasteiger partial charge >= 0.3 is 0 Å². The van der Waals surface area contributed by atoms with E-state index in [1.54, 1.807) is 0 Å². The van der Waals surface area contributed by atoms with Crippen LogP contribution in [0, 0.1) is 0 Å². The topological polar surface area (TPSA) is 38.0 Å². The molecule has 2 heteroatoms. The zero-order valence-electron chi connectivity index (χ0n) is 8.93. The van der Waals surface area contributed by atoms with E-state index >= 15 is 0 Å². The average molecular weight is 190 g/mol. The van der Waals surface area contributed by atoms with Crippen molar-refractivity contribution >= 4 is 11.4 Å². The van der Waals surface area contributed by atoms with Gasteiger partial charge in [-0.05, 0) is 36.0 Å². The predicted octanol–water partition coefficient (Wildman–Crippen LogP) is 2.75. The molecule has 0 unspecified atom stereocenters. The van der Waals surface area contributed by atoms with Crippen molar-refractivity contribution in [1.29, 1.82) is 0 Å². The molecule has 0 bridgehead atoms. The summed E-state index contributed by atoms with van der Waals surface area (Å²) in [5.41, 5.74) is 9.50. The van der Waals surface area contributed by atoms with Crippen molar-refractivity contribution in [1.82, 2.24) is 0 Å². The minimum absolute atomic E-state index is 0.270. The number of nitrogen functional groups attached to an aromatic ring is 1. The van der Waals surface area contributed by atoms with E-state index in [0.717, 1.165) is 12.2 Å². The van der Waals surface area contributed by atoms with E-state index < -0.39 is 0 Å². The number of benzene rings is 1. The van der Waals surface area contributed by atoms with Gasteiger partial charge in [-0.3, -0.25) is 0 Å². The van der Waals surface area contributed by atoms with Crippen molar-refractivity contribution in [2.45, 2.75) is 32.1 Å². The molecule has 1 aliphatic rings. The van der Waals surface area contributed by atoms with Crippen LogP contribution >= 0.6 is 0 Å². The molecule has 1 heterocycles. The largest absolute Gasteiger partial charge is 0.399 e. The monoisotopic (exact) mass is 190 g/mol. The molecule has 0 radical (unpaired) electrons. The first-order chi connectivity index (χ1) is 6.59. The maximum absolute atomic E-state index is 5.78. The second-order valence-corrected chi connectivity index (χ2v) is 4.72. The maximum Gasteiger partial charge on any atom is 0.0398 e. The highest BCUT2D eigenvalue weighted by atomic mass is 14.9. The zero-order valence-corrected chi connectivity index (χ0v) is 8.93. The van der Waals surface area contributed by atoms with Crippen LogP contribution in [0.1, 0.15) is 32.3 Å². The molecule has 14 heavy (non-hydrogen) atoms. The summed E-state index contributed by atoms with van der Waals surface area (Å²) in [6, 6.07) is 6.19. The van der Waals surface area contributed by atoms with Gasteiger partial charge in [0.15, 0.2) is 0 Å². The Labute approximate surface area is 85.5 Å². The first kappa shape index (κ1) is 9.38. The van der Waals surface area contributed by atoms with Crippen LogP contribution in [-0.4, -0.2) is 6.54 Å². The standard InChI is InChI=1S/C12H18N2/c1-12(2)6-3-7-14-11-8-9(13)4-5-10(11)12/h4-5,8,14H,3,6-7,13H2,1-2H3. The number of hydrogen-bond donors (Lipinski definition) is 2. The number of nitrogens with two attached hydrogens (primary N) is 1. The maximum atomic E-state index is 5.78. The number of anilines is 2. The van der Waals surface area contributed by atoms with Gasteiger partial charge in [0.1, 0.15) is 0 Å². The minimum Gasteiger partial charge on any atom is -0.399 e. The van der Waals surface area contributed by atoms with Crippen LogP contribution < -0.4 is 11.1 Å². The minimum atomic E-state index is 0.270. The lowest BCUT2D eigenvalue weighted by atomic mass is 9.80. The summed E-state index contributed by atoms with van der Waals surface area (Å²) < 4.78 is 0. The Hall–Kier alpha value is -1.18. The van der Waals surface area contributed by atoms with Crippen LogP contribution in [0.4, 0.5) is 11.4 Å². The highest BCUT2D eigenvalue weighted by Crippen LogP contribution is 2.36. The molecule has 0 aromatic heterocycles. The molecule has 0 saturated carbocycles. The fourth-order valence-electron chi connectivity index (χ4n) is 2.19. The summed E-state index contributed by atoms with van der Waals surface area (Å²) in [5, 5.41) is 3.44. The van der Waals surface area contributed by atoms with Crippen molar-refractivity contribution in [3.8, 4) is 0 Å². The second-order valence-electron chi connectivity index (χ2n) is 4.72. The third-order valence-corrected chi connectivity index (χ3v) is 3.07. The van der Waals surface area contributed by atoms with Gasteiger partial charge in [-0.25, -0.2) is 0 Å². The van der Waals surface area contributed by atoms with Gasteiger partial charge in [0.05, 0.1) is 0 Å². The lowest BCUT2D eigenvalue weighted by Crippen LogP contribution is -2.16. The Morgan fingerprint density at radius 3 is 2.93 bits per heavy atom. The summed E-state index contributed by atoms with van der Waals surface area (Å²) in [6.07, 6.45) is 2.46. The van der Waals surface area contributed by atoms with Crippen molar-refractivity contribution in [3.63, 3.8) is 0 Å². The zero-order chi connectivity index (χ0) is 10.2. The van der Waals surface area contributed by atoms with E-state index in [-0.39, 0.29) is 5.41 Å². The number of hydrogen-bond acceptors (Lipinski definition) is 2. The van der Waals surface area contributed by atoms with Gasteiger partial charge in [0.25, 0.3) is 0 Å². The second kappa shape index (κ2) is 3.19. The van der Waals surface area contributed by atoms with Crippen LogP contribution in [0.3, 0.4) is 0 Å². The van der Waals surface area contributed by atoms with Crippen LogP contribution in [0.15, 0.2) is 18.2 Å². The van der Waals surface area contributed by atoms with E-state index in [0.29, 0.717) is 0 Å². The Balaban J connectivity index is 2.50. The summed E-state index contributed by atoms with van der Waals surface area (Å²) in [4.78, 5) is 0. The highest BCUT2D eigenvalue weighted by molar-refractivity contribution is 5.62. The molecule has 0 spiro atoms. The number of nitrogens with one attached hydrogen (secondary N) is 1. The first-order valence-corrected chi connectivity index (χ1v) is 5.23. The SMILES string of the molecule is CC1(C)CCCNc2cc(N)ccc21. The molecule has 0 aliphatic carbocycles. The fourth-order valence-corrected chi connectivity index (χ4v) is 2.19. The number of rotatable bonds is 0. The molecular formula is C12H18N2. The van der Waals surface area contributed by atoms with Gasteiger partial charge < -0.3 is 11.1 Å². The molecule has 2 nitrogen and oxygen atoms in total. The molecule has 1 aliphatic heterocycles. The summed E-state index contributed by atoms with van der Waals surface area (Å²) in [5.74, 6) is 0. The normalized spacial score (nSPS) is 19.3. The predicted molar refractivity (Wildman–Crippen MR) is 61.6 cm³/mol. The van der Waals surface area contributed by atoms with E-state index in [1.165, 1.54) is 24.1 Å². The molecule has 3 N–H and O–H groups in total. The van der Waals surface area contributed by atoms with Gasteiger partial charge in [-0.1, -0.05) is 19.9 Å². The molecule has 76 valence electrons. The molecule has 2 rings (SSSR count). The lowest BCUT2D eigenvalue weighted by molar-refractivity contribution is 0.478. The number of fused-ring (bicyclic) bond motifs is 1. The Bertz CT molecular complexity index is 342. The molecule has 0 amide bonds. The summed E-state index contributed by atoms with van der Waals surface area (Å²) in [7, 11) is 0. The van der Waals surface area contributed by atoms with Gasteiger partial charge in [-0.15, -0.1) is 0 Å². The molecule has 0 fully saturated rings. The first-order valence-electron chi connectivity index (χ1n) is 5.23. The van der Waals surface area contributed by atoms with Crippen LogP contribution in [0.5, 0.6) is 0 Å². The van der Waals surface area contributed by atoms with E-state index in [2.05, 4.69) is 25.2 Å². The van der Waals surface area contributed by atoms with Crippen molar-refractivity contribution < 1.29 is 0 Å². The quantitative estimate of drug-likeness (QED) is 0.617. The Kier molecular flexibility index (Phi) is 2.14. The Morgan fingerprint density at radius 2 is 2.14 bits per heavy atom.